The Kier molecular flexibility index (Phi) is 3.07. The van der Waals surface area contributed by atoms with Crippen LogP contribution in [-0.4, -0.2) is 29.1 Å². The summed E-state index contributed by atoms with van der Waals surface area (Å²) in [6.45, 7) is 2.25. The molecule has 2 heterocycles. The molecule has 1 atom stereocenters. The van der Waals surface area contributed by atoms with Crippen molar-refractivity contribution in [2.75, 3.05) is 18.1 Å². The van der Waals surface area contributed by atoms with Gasteiger partial charge in [-0.25, -0.2) is 4.98 Å². The molecule has 0 saturated carbocycles. The summed E-state index contributed by atoms with van der Waals surface area (Å²) in [7, 11) is 0. The summed E-state index contributed by atoms with van der Waals surface area (Å²) < 4.78 is 0. The monoisotopic (exact) mass is 231 g/mol. The zero-order valence-electron chi connectivity index (χ0n) is 9.55. The van der Waals surface area contributed by atoms with Gasteiger partial charge >= 0.3 is 0 Å². The highest BCUT2D eigenvalue weighted by Crippen LogP contribution is 2.23. The average Bonchev–Trinajstić information content (AvgIpc) is 2.70. The van der Waals surface area contributed by atoms with Gasteiger partial charge in [-0.3, -0.25) is 9.69 Å². The summed E-state index contributed by atoms with van der Waals surface area (Å²) in [5.41, 5.74) is 1.13. The Hall–Kier alpha value is -1.93. The molecule has 1 aromatic heterocycles. The number of anilines is 1. The fourth-order valence-electron chi connectivity index (χ4n) is 1.94. The van der Waals surface area contributed by atoms with Crippen molar-refractivity contribution in [3.05, 3.63) is 23.4 Å². The second-order valence-electron chi connectivity index (χ2n) is 4.17. The quantitative estimate of drug-likeness (QED) is 0.808. The maximum absolute atomic E-state index is 11.7. The van der Waals surface area contributed by atoms with Crippen LogP contribution >= 0.6 is 0 Å². The summed E-state index contributed by atoms with van der Waals surface area (Å²) in [5, 5.41) is 17.8. The van der Waals surface area contributed by atoms with Crippen molar-refractivity contribution in [2.45, 2.75) is 13.3 Å². The fourth-order valence-corrected chi connectivity index (χ4v) is 1.94. The molecule has 0 bridgehead atoms. The van der Waals surface area contributed by atoms with Gasteiger partial charge in [0.25, 0.3) is 0 Å². The number of pyridine rings is 1. The standard InChI is InChI=1S/C12H13N3O2/c1-8-10(5-13)2-3-11(14-8)15-6-9(7-16)4-12(15)17/h2-3,9,16H,4,6-7H2,1H3. The van der Waals surface area contributed by atoms with Crippen molar-refractivity contribution in [1.82, 2.24) is 4.98 Å². The van der Waals surface area contributed by atoms with E-state index in [-0.39, 0.29) is 18.4 Å². The molecule has 1 unspecified atom stereocenters. The minimum atomic E-state index is -0.0272. The van der Waals surface area contributed by atoms with Crippen LogP contribution in [0.3, 0.4) is 0 Å². The molecule has 0 aromatic carbocycles. The Balaban J connectivity index is 2.27. The van der Waals surface area contributed by atoms with Crippen molar-refractivity contribution in [3.63, 3.8) is 0 Å². The van der Waals surface area contributed by atoms with Crippen LogP contribution in [0.2, 0.25) is 0 Å². The van der Waals surface area contributed by atoms with E-state index < -0.39 is 0 Å². The third kappa shape index (κ3) is 2.12. The lowest BCUT2D eigenvalue weighted by atomic mass is 10.1. The third-order valence-electron chi connectivity index (χ3n) is 2.93. The number of hydrogen-bond acceptors (Lipinski definition) is 4. The molecule has 1 fully saturated rings. The van der Waals surface area contributed by atoms with Gasteiger partial charge in [-0.2, -0.15) is 5.26 Å². The first-order chi connectivity index (χ1) is 8.15. The van der Waals surface area contributed by atoms with E-state index in [0.29, 0.717) is 30.0 Å². The number of aryl methyl sites for hydroxylation is 1. The number of carbonyl (C=O) groups excluding carboxylic acids is 1. The first-order valence-electron chi connectivity index (χ1n) is 5.44. The minimum Gasteiger partial charge on any atom is -0.396 e. The molecule has 1 N–H and O–H groups in total. The largest absolute Gasteiger partial charge is 0.396 e. The molecule has 17 heavy (non-hydrogen) atoms. The van der Waals surface area contributed by atoms with Crippen LogP contribution in [0.4, 0.5) is 5.82 Å². The highest BCUT2D eigenvalue weighted by Gasteiger charge is 2.30. The number of amides is 1. The smallest absolute Gasteiger partial charge is 0.228 e. The van der Waals surface area contributed by atoms with Crippen LogP contribution in [0.5, 0.6) is 0 Å². The van der Waals surface area contributed by atoms with E-state index in [0.717, 1.165) is 0 Å². The molecule has 2 rings (SSSR count). The van der Waals surface area contributed by atoms with Gasteiger partial charge in [0.05, 0.1) is 11.3 Å². The number of aliphatic hydroxyl groups excluding tert-OH is 1. The van der Waals surface area contributed by atoms with Gasteiger partial charge in [-0.15, -0.1) is 0 Å². The SMILES string of the molecule is Cc1nc(N2CC(CO)CC2=O)ccc1C#N. The Morgan fingerprint density at radius 1 is 1.65 bits per heavy atom. The van der Waals surface area contributed by atoms with Gasteiger partial charge in [0.2, 0.25) is 5.91 Å². The molecule has 1 aromatic rings. The predicted octanol–water partition coefficient (Wildman–Crippen LogP) is 0.607. The maximum atomic E-state index is 11.7. The molecule has 1 amide bonds. The first kappa shape index (κ1) is 11.6. The molecule has 0 aliphatic carbocycles. The molecule has 0 radical (unpaired) electrons. The summed E-state index contributed by atoms with van der Waals surface area (Å²) in [4.78, 5) is 17.5. The highest BCUT2D eigenvalue weighted by atomic mass is 16.3. The van der Waals surface area contributed by atoms with E-state index in [1.807, 2.05) is 6.07 Å². The molecular formula is C12H13N3O2. The van der Waals surface area contributed by atoms with Crippen LogP contribution in [-0.2, 0) is 4.79 Å². The number of aliphatic hydroxyl groups is 1. The zero-order valence-corrected chi connectivity index (χ0v) is 9.55. The van der Waals surface area contributed by atoms with E-state index >= 15 is 0 Å². The van der Waals surface area contributed by atoms with Crippen LogP contribution < -0.4 is 4.90 Å². The predicted molar refractivity (Wildman–Crippen MR) is 61.2 cm³/mol. The summed E-state index contributed by atoms with van der Waals surface area (Å²) in [5.74, 6) is 0.517. The van der Waals surface area contributed by atoms with Crippen molar-refractivity contribution >= 4 is 11.7 Å². The van der Waals surface area contributed by atoms with E-state index in [1.165, 1.54) is 0 Å². The van der Waals surface area contributed by atoms with Crippen LogP contribution in [0.25, 0.3) is 0 Å². The number of rotatable bonds is 2. The molecule has 5 heteroatoms. The third-order valence-corrected chi connectivity index (χ3v) is 2.93. The molecule has 0 spiro atoms. The van der Waals surface area contributed by atoms with Crippen LogP contribution in [0, 0.1) is 24.2 Å². The topological polar surface area (TPSA) is 77.2 Å². The van der Waals surface area contributed by atoms with Crippen molar-refractivity contribution in [2.24, 2.45) is 5.92 Å². The van der Waals surface area contributed by atoms with E-state index in [9.17, 15) is 4.79 Å². The number of aromatic nitrogens is 1. The molecule has 88 valence electrons. The Labute approximate surface area is 99.3 Å². The van der Waals surface area contributed by atoms with Crippen molar-refractivity contribution in [1.29, 1.82) is 5.26 Å². The lowest BCUT2D eigenvalue weighted by Crippen LogP contribution is -2.26. The van der Waals surface area contributed by atoms with Gasteiger partial charge in [-0.1, -0.05) is 0 Å². The summed E-state index contributed by atoms with van der Waals surface area (Å²) in [6.07, 6.45) is 0.358. The highest BCUT2D eigenvalue weighted by molar-refractivity contribution is 5.94. The number of carbonyl (C=O) groups is 1. The van der Waals surface area contributed by atoms with E-state index in [2.05, 4.69) is 4.98 Å². The summed E-state index contributed by atoms with van der Waals surface area (Å²) in [6, 6.07) is 5.37. The first-order valence-corrected chi connectivity index (χ1v) is 5.44. The van der Waals surface area contributed by atoms with Gasteiger partial charge < -0.3 is 5.11 Å². The number of nitriles is 1. The number of nitrogens with zero attached hydrogens (tertiary/aromatic N) is 3. The molecule has 1 aliphatic rings. The van der Waals surface area contributed by atoms with Crippen molar-refractivity contribution < 1.29 is 9.90 Å². The lowest BCUT2D eigenvalue weighted by Gasteiger charge is -2.15. The average molecular weight is 231 g/mol. The van der Waals surface area contributed by atoms with Gasteiger partial charge in [-0.05, 0) is 19.1 Å². The molecular weight excluding hydrogens is 218 g/mol. The van der Waals surface area contributed by atoms with Crippen LogP contribution in [0.15, 0.2) is 12.1 Å². The maximum Gasteiger partial charge on any atom is 0.228 e. The second kappa shape index (κ2) is 4.52. The Morgan fingerprint density at radius 2 is 2.41 bits per heavy atom. The summed E-state index contributed by atoms with van der Waals surface area (Å²) >= 11 is 0. The van der Waals surface area contributed by atoms with Crippen LogP contribution in [0.1, 0.15) is 17.7 Å². The van der Waals surface area contributed by atoms with Gasteiger partial charge in [0.1, 0.15) is 11.9 Å². The van der Waals surface area contributed by atoms with Crippen molar-refractivity contribution in [3.8, 4) is 6.07 Å². The Bertz CT molecular complexity index is 493. The lowest BCUT2D eigenvalue weighted by molar-refractivity contribution is -0.117. The van der Waals surface area contributed by atoms with Gasteiger partial charge in [0, 0.05) is 25.5 Å². The van der Waals surface area contributed by atoms with Gasteiger partial charge in [0.15, 0.2) is 0 Å². The minimum absolute atomic E-state index is 0.0114. The Morgan fingerprint density at radius 3 is 2.94 bits per heavy atom. The van der Waals surface area contributed by atoms with E-state index in [1.54, 1.807) is 24.0 Å². The fraction of sp³-hybridized carbons (Fsp3) is 0.417. The zero-order chi connectivity index (χ0) is 12.4. The normalized spacial score (nSPS) is 19.5. The molecule has 5 nitrogen and oxygen atoms in total. The molecule has 1 saturated heterocycles. The number of hydrogen-bond donors (Lipinski definition) is 1. The van der Waals surface area contributed by atoms with E-state index in [4.69, 9.17) is 10.4 Å². The second-order valence-corrected chi connectivity index (χ2v) is 4.17. The molecule has 1 aliphatic heterocycles.